The first kappa shape index (κ1) is 26.5. The Labute approximate surface area is 214 Å². The van der Waals surface area contributed by atoms with Crippen molar-refractivity contribution in [2.24, 2.45) is 0 Å². The van der Waals surface area contributed by atoms with Crippen LogP contribution in [0.3, 0.4) is 0 Å². The molecule has 4 aromatic rings. The van der Waals surface area contributed by atoms with E-state index in [-0.39, 0.29) is 28.8 Å². The summed E-state index contributed by atoms with van der Waals surface area (Å²) in [7, 11) is 0. The van der Waals surface area contributed by atoms with Crippen LogP contribution in [0.2, 0.25) is 0 Å². The Hall–Kier alpha value is -3.61. The summed E-state index contributed by atoms with van der Waals surface area (Å²) in [5.41, 5.74) is 0.397. The van der Waals surface area contributed by atoms with E-state index in [0.29, 0.717) is 33.2 Å². The van der Waals surface area contributed by atoms with E-state index in [1.54, 1.807) is 13.8 Å². The zero-order valence-corrected chi connectivity index (χ0v) is 20.7. The minimum Gasteiger partial charge on any atom is -0.406 e. The molecule has 0 bridgehead atoms. The summed E-state index contributed by atoms with van der Waals surface area (Å²) in [4.78, 5) is 16.8. The van der Waals surface area contributed by atoms with Gasteiger partial charge in [-0.2, -0.15) is 18.3 Å². The van der Waals surface area contributed by atoms with Gasteiger partial charge in [-0.3, -0.25) is 9.48 Å². The van der Waals surface area contributed by atoms with Crippen molar-refractivity contribution in [3.05, 3.63) is 81.2 Å². The molecular formula is C24H17BrF6N4O2. The van der Waals surface area contributed by atoms with Crippen LogP contribution in [0.5, 0.6) is 5.75 Å². The number of carbonyl (C=O) groups is 1. The Balaban J connectivity index is 1.62. The summed E-state index contributed by atoms with van der Waals surface area (Å²) >= 11 is 3.26. The number of alkyl halides is 6. The third kappa shape index (κ3) is 6.04. The van der Waals surface area contributed by atoms with E-state index in [1.165, 1.54) is 47.1 Å². The van der Waals surface area contributed by atoms with Crippen molar-refractivity contribution in [3.63, 3.8) is 0 Å². The second kappa shape index (κ2) is 9.69. The molecule has 6 nitrogen and oxygen atoms in total. The average molecular weight is 587 g/mol. The van der Waals surface area contributed by atoms with Crippen LogP contribution in [0.4, 0.5) is 32.0 Å². The number of nitrogens with one attached hydrogen (secondary N) is 1. The van der Waals surface area contributed by atoms with Gasteiger partial charge >= 0.3 is 12.5 Å². The maximum atomic E-state index is 13.4. The Morgan fingerprint density at radius 3 is 2.32 bits per heavy atom. The van der Waals surface area contributed by atoms with Gasteiger partial charge < -0.3 is 10.1 Å². The molecule has 37 heavy (non-hydrogen) atoms. The molecule has 0 saturated carbocycles. The van der Waals surface area contributed by atoms with Gasteiger partial charge in [0.25, 0.3) is 5.91 Å². The van der Waals surface area contributed by atoms with Crippen LogP contribution in [-0.2, 0) is 12.7 Å². The Bertz CT molecular complexity index is 1480. The third-order valence-corrected chi connectivity index (χ3v) is 5.91. The van der Waals surface area contributed by atoms with Gasteiger partial charge in [-0.1, -0.05) is 28.1 Å². The summed E-state index contributed by atoms with van der Waals surface area (Å²) in [6.07, 6.45) is -9.56. The van der Waals surface area contributed by atoms with Gasteiger partial charge in [-0.15, -0.1) is 13.2 Å². The lowest BCUT2D eigenvalue weighted by Crippen LogP contribution is -2.17. The molecule has 0 unspecified atom stereocenters. The molecule has 0 saturated heterocycles. The van der Waals surface area contributed by atoms with Gasteiger partial charge in [0.1, 0.15) is 11.4 Å². The van der Waals surface area contributed by atoms with Crippen molar-refractivity contribution in [1.82, 2.24) is 14.8 Å². The van der Waals surface area contributed by atoms with Crippen molar-refractivity contribution in [2.45, 2.75) is 32.9 Å². The third-order valence-electron chi connectivity index (χ3n) is 5.42. The van der Waals surface area contributed by atoms with Crippen molar-refractivity contribution in [1.29, 1.82) is 0 Å². The van der Waals surface area contributed by atoms with Crippen LogP contribution in [0, 0.1) is 13.8 Å². The number of pyridine rings is 1. The van der Waals surface area contributed by atoms with Gasteiger partial charge in [0.2, 0.25) is 0 Å². The predicted octanol–water partition coefficient (Wildman–Crippen LogP) is 7.03. The molecule has 2 aromatic carbocycles. The van der Waals surface area contributed by atoms with E-state index in [4.69, 9.17) is 0 Å². The molecule has 4 rings (SSSR count). The average Bonchev–Trinajstić information content (AvgIpc) is 3.05. The maximum absolute atomic E-state index is 13.4. The molecule has 0 radical (unpaired) electrons. The van der Waals surface area contributed by atoms with E-state index in [1.807, 2.05) is 0 Å². The van der Waals surface area contributed by atoms with E-state index in [2.05, 4.69) is 36.1 Å². The normalized spacial score (nSPS) is 12.1. The molecule has 194 valence electrons. The zero-order valence-electron chi connectivity index (χ0n) is 19.1. The van der Waals surface area contributed by atoms with Crippen molar-refractivity contribution in [3.8, 4) is 5.75 Å². The molecule has 0 spiro atoms. The van der Waals surface area contributed by atoms with Crippen molar-refractivity contribution < 1.29 is 35.9 Å². The first-order valence-electron chi connectivity index (χ1n) is 10.6. The molecule has 0 fully saturated rings. The highest BCUT2D eigenvalue weighted by Gasteiger charge is 2.34. The predicted molar refractivity (Wildman–Crippen MR) is 126 cm³/mol. The molecule has 2 aromatic heterocycles. The van der Waals surface area contributed by atoms with Gasteiger partial charge in [0, 0.05) is 9.86 Å². The van der Waals surface area contributed by atoms with E-state index in [0.717, 1.165) is 0 Å². The lowest BCUT2D eigenvalue weighted by atomic mass is 10.1. The topological polar surface area (TPSA) is 69.0 Å². The van der Waals surface area contributed by atoms with Gasteiger partial charge in [-0.05, 0) is 55.8 Å². The highest BCUT2D eigenvalue weighted by Crippen LogP contribution is 2.33. The molecule has 2 heterocycles. The smallest absolute Gasteiger partial charge is 0.406 e. The lowest BCUT2D eigenvalue weighted by Gasteiger charge is -2.13. The fourth-order valence-electron chi connectivity index (χ4n) is 3.71. The number of hydrogen-bond acceptors (Lipinski definition) is 4. The van der Waals surface area contributed by atoms with Crippen molar-refractivity contribution in [2.75, 3.05) is 5.32 Å². The summed E-state index contributed by atoms with van der Waals surface area (Å²) in [6.45, 7) is 3.43. The summed E-state index contributed by atoms with van der Waals surface area (Å²) < 4.78 is 83.3. The quantitative estimate of drug-likeness (QED) is 0.255. The monoisotopic (exact) mass is 586 g/mol. The number of ether oxygens (including phenoxy) is 1. The highest BCUT2D eigenvalue weighted by molar-refractivity contribution is 9.10. The number of carbonyl (C=O) groups excluding carboxylic acids is 1. The number of benzene rings is 2. The summed E-state index contributed by atoms with van der Waals surface area (Å²) in [5, 5.41) is 7.23. The van der Waals surface area contributed by atoms with Gasteiger partial charge in [0.05, 0.1) is 34.7 Å². The van der Waals surface area contributed by atoms with E-state index >= 15 is 0 Å². The molecule has 13 heteroatoms. The summed E-state index contributed by atoms with van der Waals surface area (Å²) in [5.74, 6) is -1.15. The number of hydrogen-bond donors (Lipinski definition) is 1. The molecular weight excluding hydrogens is 570 g/mol. The number of rotatable bonds is 5. The van der Waals surface area contributed by atoms with Gasteiger partial charge in [0.15, 0.2) is 0 Å². The van der Waals surface area contributed by atoms with Crippen LogP contribution < -0.4 is 10.1 Å². The molecule has 0 aliphatic carbocycles. The maximum Gasteiger partial charge on any atom is 0.573 e. The van der Waals surface area contributed by atoms with Crippen LogP contribution in [0.1, 0.15) is 33.0 Å². The lowest BCUT2D eigenvalue weighted by molar-refractivity contribution is -0.274. The van der Waals surface area contributed by atoms with Crippen LogP contribution in [-0.4, -0.2) is 27.0 Å². The molecule has 1 N–H and O–H groups in total. The van der Waals surface area contributed by atoms with Crippen LogP contribution in [0.15, 0.2) is 53.0 Å². The first-order valence-corrected chi connectivity index (χ1v) is 11.4. The number of fused-ring (bicyclic) bond motifs is 1. The second-order valence-corrected chi connectivity index (χ2v) is 8.98. The van der Waals surface area contributed by atoms with Gasteiger partial charge in [-0.25, -0.2) is 4.98 Å². The van der Waals surface area contributed by atoms with Crippen LogP contribution in [0.25, 0.3) is 10.9 Å². The van der Waals surface area contributed by atoms with Crippen LogP contribution >= 0.6 is 15.9 Å². The first-order chi connectivity index (χ1) is 17.2. The number of halogens is 7. The SMILES string of the molecule is Cc1nn(Cc2ccc(OC(F)(F)F)cc2)c(C)c1NC(=O)c1cc(C(F)(F)F)nc2ccc(Br)cc12. The standard InChI is InChI=1S/C24H17BrF6N4O2/c1-12-21(13(2)35(34-12)11-14-3-6-16(7-4-14)37-24(29,30)31)33-22(36)18-10-20(23(26,27)28)32-19-8-5-15(25)9-17(18)19/h3-10H,11H2,1-2H3,(H,33,36). The minimum atomic E-state index is -4.80. The summed E-state index contributed by atoms with van der Waals surface area (Å²) in [6, 6.07) is 10.3. The molecule has 0 aliphatic rings. The van der Waals surface area contributed by atoms with E-state index in [9.17, 15) is 31.1 Å². The second-order valence-electron chi connectivity index (χ2n) is 8.06. The fraction of sp³-hybridized carbons (Fsp3) is 0.208. The molecule has 0 atom stereocenters. The number of aromatic nitrogens is 3. The van der Waals surface area contributed by atoms with E-state index < -0.39 is 24.1 Å². The largest absolute Gasteiger partial charge is 0.573 e. The Kier molecular flexibility index (Phi) is 6.93. The zero-order chi connectivity index (χ0) is 27.1. The number of anilines is 1. The molecule has 0 aliphatic heterocycles. The Morgan fingerprint density at radius 2 is 1.70 bits per heavy atom. The number of aryl methyl sites for hydroxylation is 1. The minimum absolute atomic E-state index is 0.00487. The number of amides is 1. The van der Waals surface area contributed by atoms with Crippen molar-refractivity contribution >= 4 is 38.4 Å². The Morgan fingerprint density at radius 1 is 1.03 bits per heavy atom. The highest BCUT2D eigenvalue weighted by atomic mass is 79.9. The molecule has 1 amide bonds. The number of nitrogens with zero attached hydrogens (tertiary/aromatic N) is 3. The fourth-order valence-corrected chi connectivity index (χ4v) is 4.07.